The molecule has 6 heteroatoms. The van der Waals surface area contributed by atoms with Gasteiger partial charge in [-0.1, -0.05) is 31.2 Å². The van der Waals surface area contributed by atoms with Gasteiger partial charge in [-0.05, 0) is 35.7 Å². The number of para-hydroxylation sites is 1. The van der Waals surface area contributed by atoms with Crippen LogP contribution in [0.25, 0.3) is 0 Å². The second kappa shape index (κ2) is 9.46. The fourth-order valence-corrected chi connectivity index (χ4v) is 3.49. The zero-order valence-corrected chi connectivity index (χ0v) is 16.9. The van der Waals surface area contributed by atoms with E-state index in [0.717, 1.165) is 48.8 Å². The van der Waals surface area contributed by atoms with Crippen molar-refractivity contribution in [2.45, 2.75) is 19.9 Å². The number of amides is 2. The van der Waals surface area contributed by atoms with Gasteiger partial charge in [0.2, 0.25) is 0 Å². The number of carbonyl (C=O) groups excluding carboxylic acids is 1. The molecule has 28 heavy (non-hydrogen) atoms. The molecular weight excluding hydrogens is 354 g/mol. The Balaban J connectivity index is 1.53. The number of benzene rings is 2. The lowest BCUT2D eigenvalue weighted by atomic mass is 10.1. The third-order valence-corrected chi connectivity index (χ3v) is 5.15. The van der Waals surface area contributed by atoms with Crippen molar-refractivity contribution in [3.05, 3.63) is 53.6 Å². The predicted octanol–water partition coefficient (Wildman–Crippen LogP) is 3.62. The van der Waals surface area contributed by atoms with E-state index in [-0.39, 0.29) is 6.03 Å². The van der Waals surface area contributed by atoms with Crippen LogP contribution in [0, 0.1) is 0 Å². The molecule has 0 spiro atoms. The number of urea groups is 1. The van der Waals surface area contributed by atoms with Gasteiger partial charge in [0.1, 0.15) is 0 Å². The van der Waals surface area contributed by atoms with E-state index in [2.05, 4.69) is 29.3 Å². The van der Waals surface area contributed by atoms with Gasteiger partial charge in [-0.25, -0.2) is 4.79 Å². The molecule has 0 atom stereocenters. The van der Waals surface area contributed by atoms with Crippen molar-refractivity contribution in [2.24, 2.45) is 0 Å². The summed E-state index contributed by atoms with van der Waals surface area (Å²) in [4.78, 5) is 16.9. The van der Waals surface area contributed by atoms with Gasteiger partial charge in [-0.2, -0.15) is 0 Å². The van der Waals surface area contributed by atoms with Crippen LogP contribution in [-0.4, -0.2) is 56.2 Å². The number of hydrogen-bond acceptors (Lipinski definition) is 4. The molecule has 2 amide bonds. The first-order valence-electron chi connectivity index (χ1n) is 9.71. The molecule has 150 valence electrons. The third-order valence-electron chi connectivity index (χ3n) is 5.15. The summed E-state index contributed by atoms with van der Waals surface area (Å²) in [6.07, 6.45) is 0.898. The summed E-state index contributed by atoms with van der Waals surface area (Å²) in [5.41, 5.74) is 3.23. The normalized spacial score (nSPS) is 14.6. The van der Waals surface area contributed by atoms with Crippen LogP contribution >= 0.6 is 0 Å². The Kier molecular flexibility index (Phi) is 6.76. The standard InChI is InChI=1S/C22H29N3O3/c1-4-18-7-5-6-8-19(18)23-22(26)25-13-11-24(12-14-25)16-17-9-10-20(27-2)21(15-17)28-3/h5-10,15H,4,11-14,16H2,1-3H3,(H,23,26). The van der Waals surface area contributed by atoms with E-state index in [1.165, 1.54) is 5.56 Å². The first-order chi connectivity index (χ1) is 13.6. The Morgan fingerprint density at radius 2 is 1.71 bits per heavy atom. The molecule has 0 aliphatic carbocycles. The van der Waals surface area contributed by atoms with Gasteiger partial charge in [0.05, 0.1) is 14.2 Å². The largest absolute Gasteiger partial charge is 0.493 e. The Morgan fingerprint density at radius 3 is 2.39 bits per heavy atom. The summed E-state index contributed by atoms with van der Waals surface area (Å²) >= 11 is 0. The molecule has 1 aliphatic rings. The van der Waals surface area contributed by atoms with E-state index >= 15 is 0 Å². The first kappa shape index (κ1) is 20.0. The summed E-state index contributed by atoms with van der Waals surface area (Å²) in [6, 6.07) is 14.0. The van der Waals surface area contributed by atoms with Crippen LogP contribution in [-0.2, 0) is 13.0 Å². The first-order valence-corrected chi connectivity index (χ1v) is 9.71. The van der Waals surface area contributed by atoms with Crippen LogP contribution in [0.1, 0.15) is 18.1 Å². The molecule has 1 aliphatic heterocycles. The molecular formula is C22H29N3O3. The molecule has 1 N–H and O–H groups in total. The van der Waals surface area contributed by atoms with Crippen LogP contribution in [0.4, 0.5) is 10.5 Å². The van der Waals surface area contributed by atoms with Gasteiger partial charge in [0.25, 0.3) is 0 Å². The summed E-state index contributed by atoms with van der Waals surface area (Å²) in [5.74, 6) is 1.48. The minimum absolute atomic E-state index is 0.0216. The topological polar surface area (TPSA) is 54.0 Å². The van der Waals surface area contributed by atoms with Crippen molar-refractivity contribution in [2.75, 3.05) is 45.7 Å². The summed E-state index contributed by atoms with van der Waals surface area (Å²) in [7, 11) is 3.29. The van der Waals surface area contributed by atoms with Crippen LogP contribution in [0.15, 0.2) is 42.5 Å². The number of carbonyl (C=O) groups is 1. The highest BCUT2D eigenvalue weighted by molar-refractivity contribution is 5.90. The second-order valence-corrected chi connectivity index (χ2v) is 6.89. The van der Waals surface area contributed by atoms with E-state index in [1.807, 2.05) is 35.2 Å². The molecule has 1 saturated heterocycles. The van der Waals surface area contributed by atoms with Gasteiger partial charge < -0.3 is 19.7 Å². The molecule has 3 rings (SSSR count). The highest BCUT2D eigenvalue weighted by atomic mass is 16.5. The molecule has 0 bridgehead atoms. The number of rotatable bonds is 6. The molecule has 0 radical (unpaired) electrons. The number of piperazine rings is 1. The fourth-order valence-electron chi connectivity index (χ4n) is 3.49. The Bertz CT molecular complexity index is 801. The minimum Gasteiger partial charge on any atom is -0.493 e. The summed E-state index contributed by atoms with van der Waals surface area (Å²) < 4.78 is 10.7. The molecule has 1 heterocycles. The molecule has 6 nitrogen and oxygen atoms in total. The SMILES string of the molecule is CCc1ccccc1NC(=O)N1CCN(Cc2ccc(OC)c(OC)c2)CC1. The molecule has 1 fully saturated rings. The molecule has 0 unspecified atom stereocenters. The third kappa shape index (κ3) is 4.75. The molecule has 0 saturated carbocycles. The van der Waals surface area contributed by atoms with E-state index in [4.69, 9.17) is 9.47 Å². The van der Waals surface area contributed by atoms with Crippen molar-refractivity contribution in [1.82, 2.24) is 9.80 Å². The molecule has 2 aromatic rings. The Labute approximate surface area is 167 Å². The highest BCUT2D eigenvalue weighted by Gasteiger charge is 2.22. The van der Waals surface area contributed by atoms with Crippen molar-refractivity contribution >= 4 is 11.7 Å². The number of methoxy groups -OCH3 is 2. The zero-order valence-electron chi connectivity index (χ0n) is 16.9. The van der Waals surface area contributed by atoms with Crippen molar-refractivity contribution < 1.29 is 14.3 Å². The van der Waals surface area contributed by atoms with Gasteiger partial charge in [-0.15, -0.1) is 0 Å². The maximum absolute atomic E-state index is 12.6. The van der Waals surface area contributed by atoms with Crippen LogP contribution in [0.5, 0.6) is 11.5 Å². The van der Waals surface area contributed by atoms with Crippen molar-refractivity contribution in [3.8, 4) is 11.5 Å². The van der Waals surface area contributed by atoms with E-state index in [1.54, 1.807) is 14.2 Å². The summed E-state index contributed by atoms with van der Waals surface area (Å²) in [5, 5.41) is 3.06. The Morgan fingerprint density at radius 1 is 1.00 bits per heavy atom. The molecule has 0 aromatic heterocycles. The maximum atomic E-state index is 12.6. The quantitative estimate of drug-likeness (QED) is 0.828. The van der Waals surface area contributed by atoms with Gasteiger partial charge in [0.15, 0.2) is 11.5 Å². The zero-order chi connectivity index (χ0) is 19.9. The number of hydrogen-bond donors (Lipinski definition) is 1. The average molecular weight is 383 g/mol. The van der Waals surface area contributed by atoms with E-state index < -0.39 is 0 Å². The summed E-state index contributed by atoms with van der Waals surface area (Å²) in [6.45, 7) is 6.04. The van der Waals surface area contributed by atoms with Crippen molar-refractivity contribution in [3.63, 3.8) is 0 Å². The second-order valence-electron chi connectivity index (χ2n) is 6.89. The fraction of sp³-hybridized carbons (Fsp3) is 0.409. The van der Waals surface area contributed by atoms with Crippen LogP contribution < -0.4 is 14.8 Å². The van der Waals surface area contributed by atoms with Crippen LogP contribution in [0.2, 0.25) is 0 Å². The van der Waals surface area contributed by atoms with Gasteiger partial charge in [-0.3, -0.25) is 4.90 Å². The highest BCUT2D eigenvalue weighted by Crippen LogP contribution is 2.28. The smallest absolute Gasteiger partial charge is 0.321 e. The monoisotopic (exact) mass is 383 g/mol. The lowest BCUT2D eigenvalue weighted by molar-refractivity contribution is 0.143. The van der Waals surface area contributed by atoms with Crippen LogP contribution in [0.3, 0.4) is 0 Å². The average Bonchev–Trinajstić information content (AvgIpc) is 2.74. The number of anilines is 1. The lowest BCUT2D eigenvalue weighted by Gasteiger charge is -2.34. The van der Waals surface area contributed by atoms with Gasteiger partial charge >= 0.3 is 6.03 Å². The number of aryl methyl sites for hydroxylation is 1. The number of nitrogens with one attached hydrogen (secondary N) is 1. The maximum Gasteiger partial charge on any atom is 0.321 e. The Hall–Kier alpha value is -2.73. The number of ether oxygens (including phenoxy) is 2. The van der Waals surface area contributed by atoms with E-state index in [9.17, 15) is 4.79 Å². The molecule has 2 aromatic carbocycles. The predicted molar refractivity (Wildman–Crippen MR) is 111 cm³/mol. The van der Waals surface area contributed by atoms with E-state index in [0.29, 0.717) is 13.1 Å². The van der Waals surface area contributed by atoms with Gasteiger partial charge in [0, 0.05) is 38.4 Å². The minimum atomic E-state index is -0.0216. The van der Waals surface area contributed by atoms with Crippen molar-refractivity contribution in [1.29, 1.82) is 0 Å². The number of nitrogens with zero attached hydrogens (tertiary/aromatic N) is 2. The lowest BCUT2D eigenvalue weighted by Crippen LogP contribution is -2.49.